The maximum Gasteiger partial charge on any atom is 0.256 e. The molecule has 0 saturated heterocycles. The second kappa shape index (κ2) is 6.75. The Balaban J connectivity index is 1.33. The summed E-state index contributed by atoms with van der Waals surface area (Å²) in [5.74, 6) is 0.744. The largest absolute Gasteiger partial charge is 0.376 e. The minimum Gasteiger partial charge on any atom is -0.376 e. The molecule has 0 amide bonds. The molecule has 5 heterocycles. The third-order valence-electron chi connectivity index (χ3n) is 5.34. The number of hydrogen-bond acceptors (Lipinski definition) is 5. The van der Waals surface area contributed by atoms with Gasteiger partial charge in [-0.2, -0.15) is 0 Å². The summed E-state index contributed by atoms with van der Waals surface area (Å²) in [6.07, 6.45) is 7.79. The number of H-pyrrole nitrogens is 2. The summed E-state index contributed by atoms with van der Waals surface area (Å²) < 4.78 is 5.36. The average molecular weight is 363 g/mol. The van der Waals surface area contributed by atoms with E-state index in [4.69, 9.17) is 4.74 Å². The highest BCUT2D eigenvalue weighted by atomic mass is 16.5. The highest BCUT2D eigenvalue weighted by Crippen LogP contribution is 2.28. The lowest BCUT2D eigenvalue weighted by Crippen LogP contribution is -2.32. The molecule has 3 aromatic rings. The van der Waals surface area contributed by atoms with E-state index in [2.05, 4.69) is 37.0 Å². The molecule has 7 heteroatoms. The summed E-state index contributed by atoms with van der Waals surface area (Å²) >= 11 is 0. The van der Waals surface area contributed by atoms with Crippen LogP contribution in [0.15, 0.2) is 35.4 Å². The number of aromatic nitrogens is 4. The molecule has 7 nitrogen and oxygen atoms in total. The van der Waals surface area contributed by atoms with Crippen LogP contribution in [0.5, 0.6) is 0 Å². The zero-order valence-electron chi connectivity index (χ0n) is 15.0. The van der Waals surface area contributed by atoms with Crippen molar-refractivity contribution in [1.82, 2.24) is 24.8 Å². The van der Waals surface area contributed by atoms with Crippen LogP contribution in [-0.4, -0.2) is 44.5 Å². The zero-order chi connectivity index (χ0) is 18.2. The fourth-order valence-corrected chi connectivity index (χ4v) is 3.90. The van der Waals surface area contributed by atoms with Crippen LogP contribution in [-0.2, 0) is 24.3 Å². The van der Waals surface area contributed by atoms with Crippen molar-refractivity contribution in [2.24, 2.45) is 0 Å². The number of ether oxygens (including phenoxy) is 1. The van der Waals surface area contributed by atoms with Crippen molar-refractivity contribution >= 4 is 16.6 Å². The molecular formula is C20H21N5O2. The Labute approximate surface area is 156 Å². The van der Waals surface area contributed by atoms with E-state index in [-0.39, 0.29) is 5.56 Å². The first-order chi connectivity index (χ1) is 13.3. The normalized spacial score (nSPS) is 17.7. The molecule has 2 aliphatic rings. The molecule has 0 atom stereocenters. The van der Waals surface area contributed by atoms with Gasteiger partial charge in [0.25, 0.3) is 5.56 Å². The summed E-state index contributed by atoms with van der Waals surface area (Å²) in [5, 5.41) is 1.17. The number of nitrogens with one attached hydrogen (secondary N) is 2. The highest BCUT2D eigenvalue weighted by molar-refractivity contribution is 5.90. The molecule has 0 fully saturated rings. The van der Waals surface area contributed by atoms with Crippen molar-refractivity contribution in [3.63, 3.8) is 0 Å². The molecule has 0 aliphatic carbocycles. The van der Waals surface area contributed by atoms with Gasteiger partial charge >= 0.3 is 0 Å². The molecule has 0 bridgehead atoms. The molecule has 138 valence electrons. The Morgan fingerprint density at radius 3 is 3.15 bits per heavy atom. The smallest absolute Gasteiger partial charge is 0.256 e. The van der Waals surface area contributed by atoms with Crippen molar-refractivity contribution in [2.45, 2.75) is 26.0 Å². The lowest BCUT2D eigenvalue weighted by Gasteiger charge is -2.26. The van der Waals surface area contributed by atoms with Crippen molar-refractivity contribution in [3.05, 3.63) is 63.6 Å². The van der Waals surface area contributed by atoms with E-state index in [9.17, 15) is 4.79 Å². The van der Waals surface area contributed by atoms with Gasteiger partial charge in [-0.25, -0.2) is 9.97 Å². The summed E-state index contributed by atoms with van der Waals surface area (Å²) in [6.45, 7) is 3.43. The van der Waals surface area contributed by atoms with Crippen LogP contribution in [0.4, 0.5) is 0 Å². The second-order valence-corrected chi connectivity index (χ2v) is 7.06. The Kier molecular flexibility index (Phi) is 4.10. The van der Waals surface area contributed by atoms with Gasteiger partial charge in [0.15, 0.2) is 0 Å². The lowest BCUT2D eigenvalue weighted by atomic mass is 9.99. The maximum absolute atomic E-state index is 12.2. The van der Waals surface area contributed by atoms with Crippen LogP contribution in [0.25, 0.3) is 16.6 Å². The Morgan fingerprint density at radius 2 is 2.26 bits per heavy atom. The summed E-state index contributed by atoms with van der Waals surface area (Å²) in [5.41, 5.74) is 5.01. The van der Waals surface area contributed by atoms with Crippen molar-refractivity contribution in [2.75, 3.05) is 19.7 Å². The van der Waals surface area contributed by atoms with Gasteiger partial charge in [0.05, 0.1) is 31.0 Å². The molecule has 3 aromatic heterocycles. The molecule has 2 N–H and O–H groups in total. The fourth-order valence-electron chi connectivity index (χ4n) is 3.90. The van der Waals surface area contributed by atoms with Gasteiger partial charge in [0, 0.05) is 42.9 Å². The third-order valence-corrected chi connectivity index (χ3v) is 5.34. The first-order valence-electron chi connectivity index (χ1n) is 9.30. The van der Waals surface area contributed by atoms with E-state index in [1.807, 2.05) is 12.3 Å². The molecule has 2 aliphatic heterocycles. The number of pyridine rings is 1. The third kappa shape index (κ3) is 3.09. The van der Waals surface area contributed by atoms with E-state index in [0.717, 1.165) is 36.7 Å². The Hall–Kier alpha value is -2.77. The van der Waals surface area contributed by atoms with Crippen LogP contribution in [0.1, 0.15) is 29.1 Å². The summed E-state index contributed by atoms with van der Waals surface area (Å²) in [4.78, 5) is 29.8. The predicted molar refractivity (Wildman–Crippen MR) is 102 cm³/mol. The molecular weight excluding hydrogens is 342 g/mol. The topological polar surface area (TPSA) is 86.9 Å². The van der Waals surface area contributed by atoms with Gasteiger partial charge in [-0.15, -0.1) is 0 Å². The maximum atomic E-state index is 12.2. The zero-order valence-corrected chi connectivity index (χ0v) is 15.0. The van der Waals surface area contributed by atoms with E-state index < -0.39 is 0 Å². The van der Waals surface area contributed by atoms with Crippen molar-refractivity contribution in [1.29, 1.82) is 0 Å². The van der Waals surface area contributed by atoms with Crippen molar-refractivity contribution < 1.29 is 4.74 Å². The van der Waals surface area contributed by atoms with E-state index in [0.29, 0.717) is 31.7 Å². The number of nitrogens with zero attached hydrogens (tertiary/aromatic N) is 3. The van der Waals surface area contributed by atoms with Gasteiger partial charge in [-0.05, 0) is 24.1 Å². The van der Waals surface area contributed by atoms with Gasteiger partial charge in [0.1, 0.15) is 11.5 Å². The molecule has 0 radical (unpaired) electrons. The standard InChI is InChI=1S/C20H21N5O2/c26-20-16-12-27-9-5-17(16)23-18(24-20)11-25-7-3-13(4-8-25)15-10-22-19-14(15)2-1-6-21-19/h1-3,6,10H,4-5,7-9,11-12H2,(H,21,22)(H,23,24,26). The SMILES string of the molecule is O=c1[nH]c(CN2CC=C(c3c[nH]c4ncccc34)CC2)nc2c1COCC2. The van der Waals surface area contributed by atoms with Gasteiger partial charge in [0.2, 0.25) is 0 Å². The average Bonchev–Trinajstić information content (AvgIpc) is 3.13. The summed E-state index contributed by atoms with van der Waals surface area (Å²) in [6, 6.07) is 4.07. The molecule has 0 saturated carbocycles. The molecule has 5 rings (SSSR count). The summed E-state index contributed by atoms with van der Waals surface area (Å²) in [7, 11) is 0. The minimum absolute atomic E-state index is 0.0609. The number of aromatic amines is 2. The lowest BCUT2D eigenvalue weighted by molar-refractivity contribution is 0.107. The van der Waals surface area contributed by atoms with Crippen LogP contribution in [0, 0.1) is 0 Å². The van der Waals surface area contributed by atoms with E-state index >= 15 is 0 Å². The van der Waals surface area contributed by atoms with Crippen molar-refractivity contribution in [3.8, 4) is 0 Å². The Morgan fingerprint density at radius 1 is 1.30 bits per heavy atom. The number of rotatable bonds is 3. The molecule has 0 unspecified atom stereocenters. The van der Waals surface area contributed by atoms with Crippen LogP contribution in [0.2, 0.25) is 0 Å². The fraction of sp³-hybridized carbons (Fsp3) is 0.350. The number of hydrogen-bond donors (Lipinski definition) is 2. The van der Waals surface area contributed by atoms with E-state index in [1.54, 1.807) is 6.20 Å². The second-order valence-electron chi connectivity index (χ2n) is 7.06. The Bertz CT molecular complexity index is 1080. The molecule has 0 spiro atoms. The molecule has 27 heavy (non-hydrogen) atoms. The number of fused-ring (bicyclic) bond motifs is 2. The van der Waals surface area contributed by atoms with Crippen LogP contribution >= 0.6 is 0 Å². The van der Waals surface area contributed by atoms with E-state index in [1.165, 1.54) is 16.5 Å². The quantitative estimate of drug-likeness (QED) is 0.743. The van der Waals surface area contributed by atoms with Gasteiger partial charge < -0.3 is 14.7 Å². The predicted octanol–water partition coefficient (Wildman–Crippen LogP) is 2.01. The molecule has 0 aromatic carbocycles. The van der Waals surface area contributed by atoms with Gasteiger partial charge in [-0.3, -0.25) is 9.69 Å². The minimum atomic E-state index is -0.0609. The highest BCUT2D eigenvalue weighted by Gasteiger charge is 2.19. The van der Waals surface area contributed by atoms with Crippen LogP contribution in [0.3, 0.4) is 0 Å². The monoisotopic (exact) mass is 363 g/mol. The van der Waals surface area contributed by atoms with Crippen LogP contribution < -0.4 is 5.56 Å². The van der Waals surface area contributed by atoms with Gasteiger partial charge in [-0.1, -0.05) is 6.08 Å². The first-order valence-corrected chi connectivity index (χ1v) is 9.30. The first kappa shape index (κ1) is 16.4.